The molecule has 1 rings (SSSR count). The first-order valence-electron chi connectivity index (χ1n) is 5.29. The van der Waals surface area contributed by atoms with E-state index < -0.39 is 22.0 Å². The first-order chi connectivity index (χ1) is 8.35. The second-order valence-corrected chi connectivity index (χ2v) is 5.79. The lowest BCUT2D eigenvalue weighted by Gasteiger charge is -2.10. The molecular weight excluding hydrogens is 258 g/mol. The third kappa shape index (κ3) is 4.09. The Kier molecular flexibility index (Phi) is 4.82. The molecular formula is C9H17N5O3S. The van der Waals surface area contributed by atoms with Crippen molar-refractivity contribution in [3.63, 3.8) is 0 Å². The van der Waals surface area contributed by atoms with Gasteiger partial charge in [0.2, 0.25) is 15.9 Å². The number of carbonyl (C=O) groups is 1. The predicted molar refractivity (Wildman–Crippen MR) is 66.0 cm³/mol. The van der Waals surface area contributed by atoms with E-state index in [4.69, 9.17) is 5.73 Å². The Labute approximate surface area is 106 Å². The van der Waals surface area contributed by atoms with Crippen molar-refractivity contribution in [1.29, 1.82) is 0 Å². The van der Waals surface area contributed by atoms with Gasteiger partial charge in [-0.15, -0.1) is 0 Å². The maximum atomic E-state index is 11.6. The van der Waals surface area contributed by atoms with E-state index in [-0.39, 0.29) is 12.3 Å². The molecule has 1 aromatic heterocycles. The van der Waals surface area contributed by atoms with Gasteiger partial charge in [-0.25, -0.2) is 13.1 Å². The molecule has 0 aliphatic carbocycles. The molecule has 0 aromatic carbocycles. The maximum Gasteiger partial charge on any atom is 0.241 e. The molecule has 0 radical (unpaired) electrons. The van der Waals surface area contributed by atoms with Gasteiger partial charge in [-0.1, -0.05) is 0 Å². The smallest absolute Gasteiger partial charge is 0.241 e. The molecule has 1 aromatic rings. The number of hydrogen-bond acceptors (Lipinski definition) is 5. The highest BCUT2D eigenvalue weighted by atomic mass is 32.2. The van der Waals surface area contributed by atoms with Crippen molar-refractivity contribution in [2.45, 2.75) is 6.04 Å². The molecule has 0 aliphatic rings. The number of amides is 1. The number of aryl methyl sites for hydroxylation is 1. The number of hydrogen-bond donors (Lipinski definition) is 3. The van der Waals surface area contributed by atoms with Gasteiger partial charge in [0.25, 0.3) is 0 Å². The van der Waals surface area contributed by atoms with E-state index in [0.29, 0.717) is 5.56 Å². The summed E-state index contributed by atoms with van der Waals surface area (Å²) in [6.45, 7) is 0.00989. The fourth-order valence-electron chi connectivity index (χ4n) is 1.27. The molecule has 0 saturated heterocycles. The lowest BCUT2D eigenvalue weighted by molar-refractivity contribution is -0.122. The summed E-state index contributed by atoms with van der Waals surface area (Å²) in [4.78, 5) is 11.6. The molecule has 1 atom stereocenters. The minimum atomic E-state index is -3.32. The number of carbonyl (C=O) groups excluding carboxylic acids is 1. The van der Waals surface area contributed by atoms with Crippen molar-refractivity contribution < 1.29 is 13.2 Å². The van der Waals surface area contributed by atoms with Gasteiger partial charge in [0.05, 0.1) is 11.9 Å². The van der Waals surface area contributed by atoms with Gasteiger partial charge in [0, 0.05) is 25.4 Å². The monoisotopic (exact) mass is 275 g/mol. The average Bonchev–Trinajstić information content (AvgIpc) is 2.74. The van der Waals surface area contributed by atoms with Crippen molar-refractivity contribution in [1.82, 2.24) is 19.8 Å². The van der Waals surface area contributed by atoms with Crippen molar-refractivity contribution in [3.8, 4) is 0 Å². The topological polar surface area (TPSA) is 119 Å². The summed E-state index contributed by atoms with van der Waals surface area (Å²) < 4.78 is 25.9. The average molecular weight is 275 g/mol. The van der Waals surface area contributed by atoms with Crippen molar-refractivity contribution in [2.24, 2.45) is 12.8 Å². The van der Waals surface area contributed by atoms with Crippen LogP contribution in [0.15, 0.2) is 12.4 Å². The molecule has 0 bridgehead atoms. The van der Waals surface area contributed by atoms with Crippen LogP contribution in [0, 0.1) is 0 Å². The maximum absolute atomic E-state index is 11.6. The summed E-state index contributed by atoms with van der Waals surface area (Å²) in [7, 11) is -0.290. The number of nitrogens with zero attached hydrogens (tertiary/aromatic N) is 2. The van der Waals surface area contributed by atoms with Gasteiger partial charge in [-0.2, -0.15) is 5.10 Å². The van der Waals surface area contributed by atoms with E-state index in [0.717, 1.165) is 0 Å². The standard InChI is InChI=1S/C9H17N5O3S/c1-11-18(16,17)4-3-12-9(15)8(10)7-5-13-14(2)6-7/h5-6,8,11H,3-4,10H2,1-2H3,(H,12,15). The van der Waals surface area contributed by atoms with E-state index in [1.807, 2.05) is 0 Å². The molecule has 0 spiro atoms. The number of nitrogens with one attached hydrogen (secondary N) is 2. The van der Waals surface area contributed by atoms with Crippen LogP contribution in [-0.2, 0) is 21.9 Å². The van der Waals surface area contributed by atoms with E-state index >= 15 is 0 Å². The van der Waals surface area contributed by atoms with Crippen molar-refractivity contribution >= 4 is 15.9 Å². The molecule has 0 fully saturated rings. The van der Waals surface area contributed by atoms with E-state index in [2.05, 4.69) is 15.1 Å². The van der Waals surface area contributed by atoms with Crippen molar-refractivity contribution in [3.05, 3.63) is 18.0 Å². The molecule has 8 nitrogen and oxygen atoms in total. The zero-order valence-electron chi connectivity index (χ0n) is 10.3. The minimum absolute atomic E-state index is 0.00989. The van der Waals surface area contributed by atoms with Gasteiger partial charge < -0.3 is 11.1 Å². The van der Waals surface area contributed by atoms with Crippen LogP contribution in [0.25, 0.3) is 0 Å². The molecule has 102 valence electrons. The molecule has 4 N–H and O–H groups in total. The number of nitrogens with two attached hydrogens (primary N) is 1. The summed E-state index contributed by atoms with van der Waals surface area (Å²) in [5.41, 5.74) is 6.28. The second-order valence-electron chi connectivity index (χ2n) is 3.74. The quantitative estimate of drug-likeness (QED) is 0.559. The van der Waals surface area contributed by atoms with E-state index in [1.165, 1.54) is 17.9 Å². The Morgan fingerprint density at radius 1 is 1.61 bits per heavy atom. The van der Waals surface area contributed by atoms with Crippen molar-refractivity contribution in [2.75, 3.05) is 19.3 Å². The largest absolute Gasteiger partial charge is 0.353 e. The molecule has 0 aliphatic heterocycles. The SMILES string of the molecule is CNS(=O)(=O)CCNC(=O)C(N)c1cnn(C)c1. The fourth-order valence-corrected chi connectivity index (χ4v) is 1.85. The molecule has 1 heterocycles. The molecule has 18 heavy (non-hydrogen) atoms. The Morgan fingerprint density at radius 2 is 2.28 bits per heavy atom. The lowest BCUT2D eigenvalue weighted by atomic mass is 10.1. The van der Waals surface area contributed by atoms with Crippen LogP contribution in [0.5, 0.6) is 0 Å². The minimum Gasteiger partial charge on any atom is -0.353 e. The summed E-state index contributed by atoms with van der Waals surface area (Å²) in [5.74, 6) is -0.621. The van der Waals surface area contributed by atoms with E-state index in [9.17, 15) is 13.2 Å². The van der Waals surface area contributed by atoms with Gasteiger partial charge in [-0.05, 0) is 7.05 Å². The van der Waals surface area contributed by atoms with Gasteiger partial charge in [0.15, 0.2) is 0 Å². The highest BCUT2D eigenvalue weighted by molar-refractivity contribution is 7.89. The third-order valence-electron chi connectivity index (χ3n) is 2.35. The molecule has 0 saturated carbocycles. The molecule has 1 unspecified atom stereocenters. The Morgan fingerprint density at radius 3 is 2.78 bits per heavy atom. The predicted octanol–water partition coefficient (Wildman–Crippen LogP) is -1.91. The normalized spacial score (nSPS) is 13.3. The van der Waals surface area contributed by atoms with Gasteiger partial charge in [0.1, 0.15) is 6.04 Å². The molecule has 1 amide bonds. The van der Waals surface area contributed by atoms with Crippen LogP contribution < -0.4 is 15.8 Å². The Hall–Kier alpha value is -1.45. The summed E-state index contributed by atoms with van der Waals surface area (Å²) in [6.07, 6.45) is 3.13. The summed E-state index contributed by atoms with van der Waals surface area (Å²) in [6, 6.07) is -0.851. The Balaban J connectivity index is 2.47. The van der Waals surface area contributed by atoms with Crippen LogP contribution in [0.2, 0.25) is 0 Å². The first-order valence-corrected chi connectivity index (χ1v) is 6.94. The zero-order valence-corrected chi connectivity index (χ0v) is 11.1. The number of rotatable bonds is 6. The van der Waals surface area contributed by atoms with Crippen LogP contribution in [0.1, 0.15) is 11.6 Å². The summed E-state index contributed by atoms with van der Waals surface area (Å²) in [5, 5.41) is 6.36. The fraction of sp³-hybridized carbons (Fsp3) is 0.556. The first kappa shape index (κ1) is 14.6. The molecule has 9 heteroatoms. The Bertz CT molecular complexity index is 510. The number of sulfonamides is 1. The summed E-state index contributed by atoms with van der Waals surface area (Å²) >= 11 is 0. The second kappa shape index (κ2) is 5.94. The van der Waals surface area contributed by atoms with Crippen LogP contribution in [0.3, 0.4) is 0 Å². The number of aromatic nitrogens is 2. The lowest BCUT2D eigenvalue weighted by Crippen LogP contribution is -2.38. The third-order valence-corrected chi connectivity index (χ3v) is 3.71. The zero-order chi connectivity index (χ0) is 13.8. The highest BCUT2D eigenvalue weighted by Gasteiger charge is 2.17. The van der Waals surface area contributed by atoms with Crippen LogP contribution in [-0.4, -0.2) is 43.5 Å². The van der Waals surface area contributed by atoms with E-state index in [1.54, 1.807) is 13.2 Å². The van der Waals surface area contributed by atoms with Gasteiger partial charge >= 0.3 is 0 Å². The van der Waals surface area contributed by atoms with Crippen LogP contribution >= 0.6 is 0 Å². The highest BCUT2D eigenvalue weighted by Crippen LogP contribution is 2.07. The van der Waals surface area contributed by atoms with Crippen LogP contribution in [0.4, 0.5) is 0 Å². The van der Waals surface area contributed by atoms with Gasteiger partial charge in [-0.3, -0.25) is 9.48 Å².